The highest BCUT2D eigenvalue weighted by Gasteiger charge is 2.30. The van der Waals surface area contributed by atoms with E-state index >= 15 is 0 Å². The van der Waals surface area contributed by atoms with Crippen molar-refractivity contribution in [3.05, 3.63) is 71.8 Å². The lowest BCUT2D eigenvalue weighted by molar-refractivity contribution is -0.134. The van der Waals surface area contributed by atoms with Gasteiger partial charge in [0.15, 0.2) is 5.78 Å². The molecule has 9 heteroatoms. The van der Waals surface area contributed by atoms with E-state index in [9.17, 15) is 19.2 Å². The lowest BCUT2D eigenvalue weighted by atomic mass is 9.99. The summed E-state index contributed by atoms with van der Waals surface area (Å²) in [5.74, 6) is -1.13. The van der Waals surface area contributed by atoms with E-state index in [4.69, 9.17) is 4.74 Å². The van der Waals surface area contributed by atoms with Crippen molar-refractivity contribution < 1.29 is 23.9 Å². The fourth-order valence-electron chi connectivity index (χ4n) is 4.82. The van der Waals surface area contributed by atoms with Crippen molar-refractivity contribution in [3.8, 4) is 0 Å². The molecule has 2 aromatic carbocycles. The summed E-state index contributed by atoms with van der Waals surface area (Å²) < 4.78 is 5.36. The summed E-state index contributed by atoms with van der Waals surface area (Å²) in [6, 6.07) is 16.9. The molecule has 1 aliphatic heterocycles. The lowest BCUT2D eigenvalue weighted by Crippen LogP contribution is -2.57. The van der Waals surface area contributed by atoms with Gasteiger partial charge in [-0.1, -0.05) is 74.5 Å². The Labute approximate surface area is 243 Å². The first-order valence-electron chi connectivity index (χ1n) is 14.5. The predicted octanol–water partition coefficient (Wildman–Crippen LogP) is 2.28. The van der Waals surface area contributed by atoms with Crippen LogP contribution in [0.25, 0.3) is 0 Å². The van der Waals surface area contributed by atoms with Crippen molar-refractivity contribution in [2.45, 2.75) is 64.6 Å². The number of benzene rings is 2. The fourth-order valence-corrected chi connectivity index (χ4v) is 4.82. The molecule has 1 fully saturated rings. The molecule has 0 spiro atoms. The number of hydrogen-bond acceptors (Lipinski definition) is 6. The third-order valence-electron chi connectivity index (χ3n) is 7.12. The van der Waals surface area contributed by atoms with Crippen LogP contribution in [0.4, 0.5) is 0 Å². The zero-order valence-corrected chi connectivity index (χ0v) is 24.4. The maximum atomic E-state index is 13.6. The van der Waals surface area contributed by atoms with Crippen LogP contribution in [0.15, 0.2) is 60.7 Å². The number of morpholine rings is 1. The molecule has 1 heterocycles. The molecule has 0 aromatic heterocycles. The Morgan fingerprint density at radius 3 is 1.93 bits per heavy atom. The second-order valence-corrected chi connectivity index (χ2v) is 11.1. The lowest BCUT2D eigenvalue weighted by Gasteiger charge is -2.28. The number of Topliss-reactive ketones (excluding diaryl/α,β-unsaturated/α-hetero) is 1. The summed E-state index contributed by atoms with van der Waals surface area (Å²) in [4.78, 5) is 54.4. The van der Waals surface area contributed by atoms with Crippen molar-refractivity contribution in [1.82, 2.24) is 20.9 Å². The van der Waals surface area contributed by atoms with Gasteiger partial charge >= 0.3 is 0 Å². The Kier molecular flexibility index (Phi) is 13.0. The Bertz CT molecular complexity index is 1120. The molecular formula is C32H44N4O5. The van der Waals surface area contributed by atoms with E-state index in [0.29, 0.717) is 52.0 Å². The number of aryl methyl sites for hydroxylation is 1. The van der Waals surface area contributed by atoms with Crippen LogP contribution in [0.1, 0.15) is 44.7 Å². The first-order valence-corrected chi connectivity index (χ1v) is 14.5. The van der Waals surface area contributed by atoms with Crippen LogP contribution in [-0.4, -0.2) is 79.4 Å². The van der Waals surface area contributed by atoms with Crippen LogP contribution in [0.3, 0.4) is 0 Å². The van der Waals surface area contributed by atoms with E-state index in [1.54, 1.807) is 0 Å². The van der Waals surface area contributed by atoms with Crippen molar-refractivity contribution in [3.63, 3.8) is 0 Å². The summed E-state index contributed by atoms with van der Waals surface area (Å²) in [6.45, 7) is 8.02. The van der Waals surface area contributed by atoms with Crippen molar-refractivity contribution in [2.75, 3.05) is 32.8 Å². The molecule has 0 bridgehead atoms. The fraction of sp³-hybridized carbons (Fsp3) is 0.500. The second kappa shape index (κ2) is 16.6. The number of rotatable bonds is 15. The standard InChI is InChI=1S/C32H44N4O5/c1-23(2)20-29(32(40)34-28(24(3)37)21-26-12-8-5-9-13-26)35-31(39)27(15-14-25-10-6-4-7-11-25)33-30(38)22-36-16-18-41-19-17-36/h4-13,23,27-29H,14-22H2,1-3H3,(H,33,38)(H,34,40)(H,35,39)/t27-,28-,29-/m0/s1. The molecule has 3 atom stereocenters. The number of ether oxygens (including phenoxy) is 1. The summed E-state index contributed by atoms with van der Waals surface area (Å²) in [5.41, 5.74) is 1.98. The molecule has 3 rings (SSSR count). The average molecular weight is 565 g/mol. The van der Waals surface area contributed by atoms with Gasteiger partial charge < -0.3 is 20.7 Å². The van der Waals surface area contributed by atoms with Crippen LogP contribution in [0.5, 0.6) is 0 Å². The number of amides is 3. The minimum atomic E-state index is -0.851. The van der Waals surface area contributed by atoms with Crippen LogP contribution in [-0.2, 0) is 36.8 Å². The Morgan fingerprint density at radius 1 is 0.780 bits per heavy atom. The monoisotopic (exact) mass is 564 g/mol. The molecule has 9 nitrogen and oxygen atoms in total. The largest absolute Gasteiger partial charge is 0.379 e. The van der Waals surface area contributed by atoms with E-state index < -0.39 is 29.9 Å². The van der Waals surface area contributed by atoms with Crippen LogP contribution in [0.2, 0.25) is 0 Å². The van der Waals surface area contributed by atoms with Gasteiger partial charge in [0, 0.05) is 13.1 Å². The van der Waals surface area contributed by atoms with Crippen molar-refractivity contribution >= 4 is 23.5 Å². The first kappa shape index (κ1) is 32.0. The van der Waals surface area contributed by atoms with Crippen LogP contribution in [0, 0.1) is 5.92 Å². The van der Waals surface area contributed by atoms with E-state index in [2.05, 4.69) is 16.0 Å². The molecule has 1 saturated heterocycles. The van der Waals surface area contributed by atoms with Crippen LogP contribution < -0.4 is 16.0 Å². The minimum Gasteiger partial charge on any atom is -0.379 e. The Hall–Kier alpha value is -3.56. The number of hydrogen-bond donors (Lipinski definition) is 3. The molecule has 222 valence electrons. The highest BCUT2D eigenvalue weighted by molar-refractivity contribution is 5.94. The Balaban J connectivity index is 1.70. The van der Waals surface area contributed by atoms with Gasteiger partial charge in [0.1, 0.15) is 12.1 Å². The maximum Gasteiger partial charge on any atom is 0.243 e. The van der Waals surface area contributed by atoms with Crippen molar-refractivity contribution in [1.29, 1.82) is 0 Å². The van der Waals surface area contributed by atoms with Gasteiger partial charge in [-0.15, -0.1) is 0 Å². The molecule has 41 heavy (non-hydrogen) atoms. The molecule has 3 amide bonds. The maximum absolute atomic E-state index is 13.6. The van der Waals surface area contributed by atoms with Crippen LogP contribution >= 0.6 is 0 Å². The van der Waals surface area contributed by atoms with Gasteiger partial charge in [-0.3, -0.25) is 24.1 Å². The summed E-state index contributed by atoms with van der Waals surface area (Å²) in [5, 5.41) is 8.65. The number of ketones is 1. The van der Waals surface area contributed by atoms with Gasteiger partial charge in [-0.25, -0.2) is 0 Å². The van der Waals surface area contributed by atoms with Gasteiger partial charge in [-0.2, -0.15) is 0 Å². The zero-order valence-electron chi connectivity index (χ0n) is 24.4. The average Bonchev–Trinajstić information content (AvgIpc) is 2.95. The molecule has 3 N–H and O–H groups in total. The highest BCUT2D eigenvalue weighted by atomic mass is 16.5. The number of carbonyl (C=O) groups is 4. The predicted molar refractivity (Wildman–Crippen MR) is 158 cm³/mol. The number of carbonyl (C=O) groups excluding carboxylic acids is 4. The summed E-state index contributed by atoms with van der Waals surface area (Å²) in [7, 11) is 0. The van der Waals surface area contributed by atoms with Gasteiger partial charge in [0.25, 0.3) is 0 Å². The van der Waals surface area contributed by atoms with E-state index in [1.165, 1.54) is 6.92 Å². The van der Waals surface area contributed by atoms with E-state index in [1.807, 2.05) is 79.4 Å². The summed E-state index contributed by atoms with van der Waals surface area (Å²) in [6.07, 6.45) is 1.72. The smallest absolute Gasteiger partial charge is 0.243 e. The van der Waals surface area contributed by atoms with Gasteiger partial charge in [0.05, 0.1) is 25.8 Å². The second-order valence-electron chi connectivity index (χ2n) is 11.1. The van der Waals surface area contributed by atoms with Gasteiger partial charge in [0.2, 0.25) is 17.7 Å². The normalized spacial score (nSPS) is 15.9. The SMILES string of the molecule is CC(=O)[C@H](Cc1ccccc1)NC(=O)[C@H](CC(C)C)NC(=O)[C@H](CCc1ccccc1)NC(=O)CN1CCOCC1. The quantitative estimate of drug-likeness (QED) is 0.306. The summed E-state index contributed by atoms with van der Waals surface area (Å²) >= 11 is 0. The minimum absolute atomic E-state index is 0.106. The molecule has 0 unspecified atom stereocenters. The van der Waals surface area contributed by atoms with Gasteiger partial charge in [-0.05, 0) is 49.7 Å². The molecule has 2 aromatic rings. The third-order valence-corrected chi connectivity index (χ3v) is 7.12. The molecule has 1 aliphatic rings. The van der Waals surface area contributed by atoms with E-state index in [-0.39, 0.29) is 24.2 Å². The van der Waals surface area contributed by atoms with E-state index in [0.717, 1.165) is 11.1 Å². The molecule has 0 saturated carbocycles. The zero-order chi connectivity index (χ0) is 29.6. The first-order chi connectivity index (χ1) is 19.7. The molecule has 0 radical (unpaired) electrons. The van der Waals surface area contributed by atoms with Crippen molar-refractivity contribution in [2.24, 2.45) is 5.92 Å². The highest BCUT2D eigenvalue weighted by Crippen LogP contribution is 2.11. The molecule has 0 aliphatic carbocycles. The number of nitrogens with one attached hydrogen (secondary N) is 3. The third kappa shape index (κ3) is 11.4. The molecular weight excluding hydrogens is 520 g/mol. The topological polar surface area (TPSA) is 117 Å². The number of nitrogens with zero attached hydrogens (tertiary/aromatic N) is 1. The Morgan fingerprint density at radius 2 is 1.34 bits per heavy atom.